The first-order chi connectivity index (χ1) is 17.5. The average molecular weight is 494 g/mol. The summed E-state index contributed by atoms with van der Waals surface area (Å²) in [5, 5.41) is 2.90. The molecule has 0 aliphatic carbocycles. The van der Waals surface area contributed by atoms with Gasteiger partial charge in [0.2, 0.25) is 0 Å². The second kappa shape index (κ2) is 12.1. The Labute approximate surface area is 212 Å². The molecule has 2 aromatic carbocycles. The van der Waals surface area contributed by atoms with Gasteiger partial charge in [-0.15, -0.1) is 0 Å². The highest BCUT2D eigenvalue weighted by molar-refractivity contribution is 6.22. The number of benzene rings is 2. The van der Waals surface area contributed by atoms with E-state index in [4.69, 9.17) is 9.47 Å². The van der Waals surface area contributed by atoms with E-state index in [2.05, 4.69) is 17.3 Å². The molecule has 0 radical (unpaired) electrons. The van der Waals surface area contributed by atoms with Crippen LogP contribution >= 0.6 is 0 Å². The number of carbonyl (C=O) groups excluding carboxylic acids is 3. The third-order valence-electron chi connectivity index (χ3n) is 6.85. The van der Waals surface area contributed by atoms with Gasteiger partial charge in [-0.3, -0.25) is 24.2 Å². The van der Waals surface area contributed by atoms with Gasteiger partial charge >= 0.3 is 0 Å². The molecular formula is C28H35N3O5. The van der Waals surface area contributed by atoms with Gasteiger partial charge in [-0.25, -0.2) is 0 Å². The molecule has 0 aromatic heterocycles. The van der Waals surface area contributed by atoms with Crippen molar-refractivity contribution < 1.29 is 23.9 Å². The van der Waals surface area contributed by atoms with E-state index in [-0.39, 0.29) is 17.7 Å². The molecule has 2 aliphatic rings. The summed E-state index contributed by atoms with van der Waals surface area (Å²) in [6, 6.07) is 12.9. The number of fused-ring (bicyclic) bond motifs is 1. The minimum absolute atomic E-state index is 0.286. The minimum Gasteiger partial charge on any atom is -0.492 e. The Balaban J connectivity index is 1.29. The fraction of sp³-hybridized carbons (Fsp3) is 0.464. The number of hydrogen-bond acceptors (Lipinski definition) is 6. The molecule has 2 heterocycles. The zero-order chi connectivity index (χ0) is 25.5. The number of nitrogens with zero attached hydrogens (tertiary/aromatic N) is 2. The first-order valence-electron chi connectivity index (χ1n) is 12.8. The van der Waals surface area contributed by atoms with Crippen molar-refractivity contribution in [2.75, 3.05) is 40.0 Å². The summed E-state index contributed by atoms with van der Waals surface area (Å²) in [4.78, 5) is 41.6. The van der Waals surface area contributed by atoms with Crippen LogP contribution in [0.25, 0.3) is 0 Å². The molecule has 0 spiro atoms. The Bertz CT molecular complexity index is 1100. The Kier molecular flexibility index (Phi) is 8.72. The molecule has 1 saturated heterocycles. The number of amides is 3. The van der Waals surface area contributed by atoms with Crippen molar-refractivity contribution in [3.63, 3.8) is 0 Å². The van der Waals surface area contributed by atoms with Crippen molar-refractivity contribution in [2.24, 2.45) is 0 Å². The van der Waals surface area contributed by atoms with Crippen molar-refractivity contribution >= 4 is 17.7 Å². The smallest absolute Gasteiger partial charge is 0.261 e. The Morgan fingerprint density at radius 3 is 2.67 bits per heavy atom. The summed E-state index contributed by atoms with van der Waals surface area (Å²) in [6.07, 6.45) is 3.75. The Morgan fingerprint density at radius 1 is 1.11 bits per heavy atom. The minimum atomic E-state index is -0.328. The predicted molar refractivity (Wildman–Crippen MR) is 136 cm³/mol. The summed E-state index contributed by atoms with van der Waals surface area (Å²) >= 11 is 0. The monoisotopic (exact) mass is 493 g/mol. The van der Waals surface area contributed by atoms with Gasteiger partial charge in [0.15, 0.2) is 0 Å². The lowest BCUT2D eigenvalue weighted by Gasteiger charge is -2.31. The first kappa shape index (κ1) is 25.9. The van der Waals surface area contributed by atoms with Crippen LogP contribution in [-0.2, 0) is 11.3 Å². The highest BCUT2D eigenvalue weighted by Crippen LogP contribution is 2.24. The van der Waals surface area contributed by atoms with Crippen LogP contribution in [0.4, 0.5) is 0 Å². The number of likely N-dealkylation sites (N-methyl/N-ethyl adjacent to an activating group) is 1. The van der Waals surface area contributed by atoms with Crippen LogP contribution in [0.15, 0.2) is 42.5 Å². The molecule has 0 atom stereocenters. The number of carbonyl (C=O) groups is 3. The zero-order valence-corrected chi connectivity index (χ0v) is 21.1. The van der Waals surface area contributed by atoms with Crippen LogP contribution in [0.1, 0.15) is 69.2 Å². The van der Waals surface area contributed by atoms with E-state index < -0.39 is 0 Å². The summed E-state index contributed by atoms with van der Waals surface area (Å²) < 4.78 is 11.4. The topological polar surface area (TPSA) is 88.2 Å². The van der Waals surface area contributed by atoms with E-state index >= 15 is 0 Å². The number of unbranched alkanes of at least 4 members (excludes halogenated alkanes) is 1. The van der Waals surface area contributed by atoms with Crippen LogP contribution in [0, 0.1) is 0 Å². The molecule has 8 heteroatoms. The van der Waals surface area contributed by atoms with E-state index in [1.807, 2.05) is 31.2 Å². The van der Waals surface area contributed by atoms with Crippen molar-refractivity contribution in [1.82, 2.24) is 15.1 Å². The van der Waals surface area contributed by atoms with Crippen LogP contribution in [0.2, 0.25) is 0 Å². The van der Waals surface area contributed by atoms with Gasteiger partial charge in [-0.1, -0.05) is 25.5 Å². The van der Waals surface area contributed by atoms with Gasteiger partial charge < -0.3 is 14.8 Å². The van der Waals surface area contributed by atoms with Crippen LogP contribution in [-0.4, -0.2) is 73.5 Å². The first-order valence-corrected chi connectivity index (χ1v) is 12.8. The zero-order valence-electron chi connectivity index (χ0n) is 21.1. The number of imide groups is 1. The SMILES string of the molecule is CCCCN1C(=O)c2ccc(C(=O)NCc3cccc(OCCN(C)C4CCOCC4)c3)cc2C1=O. The lowest BCUT2D eigenvalue weighted by atomic mass is 10.1. The maximum absolute atomic E-state index is 12.8. The fourth-order valence-corrected chi connectivity index (χ4v) is 4.60. The predicted octanol–water partition coefficient (Wildman–Crippen LogP) is 3.50. The van der Waals surface area contributed by atoms with Crippen molar-refractivity contribution in [3.8, 4) is 5.75 Å². The highest BCUT2D eigenvalue weighted by Gasteiger charge is 2.35. The molecule has 192 valence electrons. The van der Waals surface area contributed by atoms with Gasteiger partial charge in [0, 0.05) is 44.5 Å². The summed E-state index contributed by atoms with van der Waals surface area (Å²) in [7, 11) is 2.12. The molecule has 4 rings (SSSR count). The Morgan fingerprint density at radius 2 is 1.89 bits per heavy atom. The number of nitrogens with one attached hydrogen (secondary N) is 1. The molecular weight excluding hydrogens is 458 g/mol. The second-order valence-electron chi connectivity index (χ2n) is 9.38. The van der Waals surface area contributed by atoms with Crippen LogP contribution in [0.3, 0.4) is 0 Å². The number of rotatable bonds is 11. The highest BCUT2D eigenvalue weighted by atomic mass is 16.5. The van der Waals surface area contributed by atoms with Gasteiger partial charge in [0.25, 0.3) is 17.7 Å². The largest absolute Gasteiger partial charge is 0.492 e. The molecule has 0 saturated carbocycles. The lowest BCUT2D eigenvalue weighted by molar-refractivity contribution is 0.0392. The maximum atomic E-state index is 12.8. The van der Waals surface area contributed by atoms with Gasteiger partial charge in [-0.2, -0.15) is 0 Å². The van der Waals surface area contributed by atoms with Gasteiger partial charge in [0.1, 0.15) is 12.4 Å². The lowest BCUT2D eigenvalue weighted by Crippen LogP contribution is -2.38. The summed E-state index contributed by atoms with van der Waals surface area (Å²) in [6.45, 7) is 5.79. The van der Waals surface area contributed by atoms with Crippen molar-refractivity contribution in [1.29, 1.82) is 0 Å². The molecule has 0 bridgehead atoms. The molecule has 1 fully saturated rings. The third kappa shape index (κ3) is 6.12. The molecule has 1 N–H and O–H groups in total. The Hall–Kier alpha value is -3.23. The molecule has 8 nitrogen and oxygen atoms in total. The standard InChI is InChI=1S/C28H35N3O5/c1-3-4-12-31-27(33)24-9-8-21(18-25(24)28(31)34)26(32)29-19-20-6-5-7-23(17-20)36-16-13-30(2)22-10-14-35-15-11-22/h5-9,17-18,22H,3-4,10-16,19H2,1-2H3,(H,29,32). The van der Waals surface area contributed by atoms with Gasteiger partial charge in [-0.05, 0) is 62.2 Å². The molecule has 2 aliphatic heterocycles. The number of ether oxygens (including phenoxy) is 2. The normalized spacial score (nSPS) is 15.9. The molecule has 0 unspecified atom stereocenters. The molecule has 36 heavy (non-hydrogen) atoms. The second-order valence-corrected chi connectivity index (χ2v) is 9.38. The van der Waals surface area contributed by atoms with E-state index in [0.717, 1.165) is 56.8 Å². The van der Waals surface area contributed by atoms with Gasteiger partial charge in [0.05, 0.1) is 11.1 Å². The fourth-order valence-electron chi connectivity index (χ4n) is 4.60. The molecule has 2 aromatic rings. The summed E-state index contributed by atoms with van der Waals surface area (Å²) in [5.41, 5.74) is 1.93. The maximum Gasteiger partial charge on any atom is 0.261 e. The van der Waals surface area contributed by atoms with E-state index in [0.29, 0.717) is 42.4 Å². The third-order valence-corrected chi connectivity index (χ3v) is 6.85. The van der Waals surface area contributed by atoms with E-state index in [9.17, 15) is 14.4 Å². The van der Waals surface area contributed by atoms with E-state index in [1.54, 1.807) is 12.1 Å². The summed E-state index contributed by atoms with van der Waals surface area (Å²) in [5.74, 6) is -0.151. The molecule has 3 amide bonds. The quantitative estimate of drug-likeness (QED) is 0.482. The number of hydrogen-bond donors (Lipinski definition) is 1. The van der Waals surface area contributed by atoms with Crippen molar-refractivity contribution in [2.45, 2.75) is 45.2 Å². The van der Waals surface area contributed by atoms with Crippen molar-refractivity contribution in [3.05, 3.63) is 64.7 Å². The van der Waals surface area contributed by atoms with Crippen LogP contribution < -0.4 is 10.1 Å². The average Bonchev–Trinajstić information content (AvgIpc) is 3.15. The van der Waals surface area contributed by atoms with E-state index in [1.165, 1.54) is 11.0 Å². The van der Waals surface area contributed by atoms with Crippen LogP contribution in [0.5, 0.6) is 5.75 Å².